The topological polar surface area (TPSA) is 70.2 Å². The van der Waals surface area contributed by atoms with Crippen molar-refractivity contribution in [3.63, 3.8) is 0 Å². The number of rotatable bonds is 6. The molecule has 1 rings (SSSR count). The van der Waals surface area contributed by atoms with Crippen molar-refractivity contribution in [3.8, 4) is 0 Å². The number of nitrogens with one attached hydrogen (secondary N) is 2. The molecule has 0 aliphatic rings. The van der Waals surface area contributed by atoms with Crippen molar-refractivity contribution in [2.75, 3.05) is 37.8 Å². The summed E-state index contributed by atoms with van der Waals surface area (Å²) in [5.74, 6) is 1.06. The van der Waals surface area contributed by atoms with Crippen LogP contribution in [0, 0.1) is 5.92 Å². The van der Waals surface area contributed by atoms with Gasteiger partial charge >= 0.3 is 0 Å². The minimum atomic E-state index is -0.0651. The Kier molecular flexibility index (Phi) is 5.51. The fourth-order valence-electron chi connectivity index (χ4n) is 1.17. The van der Waals surface area contributed by atoms with E-state index in [1.807, 2.05) is 27.9 Å². The fraction of sp³-hybridized carbons (Fsp3) is 0.583. The summed E-state index contributed by atoms with van der Waals surface area (Å²) in [5.41, 5.74) is 0. The van der Waals surface area contributed by atoms with Crippen LogP contribution in [0.25, 0.3) is 0 Å². The first kappa shape index (κ1) is 14.4. The predicted octanol–water partition coefficient (Wildman–Crippen LogP) is 1.04. The van der Waals surface area contributed by atoms with Crippen LogP contribution >= 0.6 is 0 Å². The summed E-state index contributed by atoms with van der Waals surface area (Å²) in [5, 5.41) is 13.8. The summed E-state index contributed by atoms with van der Waals surface area (Å²) in [6.07, 6.45) is 0. The van der Waals surface area contributed by atoms with Crippen LogP contribution in [-0.2, 0) is 4.79 Å². The third kappa shape index (κ3) is 5.09. The second-order valence-corrected chi connectivity index (χ2v) is 4.68. The highest BCUT2D eigenvalue weighted by molar-refractivity contribution is 5.91. The van der Waals surface area contributed by atoms with Crippen molar-refractivity contribution in [2.45, 2.75) is 13.8 Å². The summed E-state index contributed by atoms with van der Waals surface area (Å²) >= 11 is 0. The molecule has 0 radical (unpaired) electrons. The Morgan fingerprint density at radius 1 is 1.28 bits per heavy atom. The molecular formula is C12H21N5O. The quantitative estimate of drug-likeness (QED) is 0.790. The summed E-state index contributed by atoms with van der Waals surface area (Å²) in [7, 11) is 4.02. The molecule has 0 saturated carbocycles. The highest BCUT2D eigenvalue weighted by atomic mass is 16.1. The third-order valence-corrected chi connectivity index (χ3v) is 2.31. The van der Waals surface area contributed by atoms with E-state index in [0.29, 0.717) is 11.6 Å². The Morgan fingerprint density at radius 3 is 2.39 bits per heavy atom. The van der Waals surface area contributed by atoms with Gasteiger partial charge in [0.05, 0.1) is 0 Å². The molecule has 100 valence electrons. The van der Waals surface area contributed by atoms with Gasteiger partial charge in [-0.1, -0.05) is 13.8 Å². The molecule has 0 atom stereocenters. The van der Waals surface area contributed by atoms with Crippen molar-refractivity contribution < 1.29 is 4.79 Å². The van der Waals surface area contributed by atoms with Gasteiger partial charge < -0.3 is 15.5 Å². The van der Waals surface area contributed by atoms with Crippen molar-refractivity contribution in [2.24, 2.45) is 5.92 Å². The number of amides is 1. The minimum Gasteiger partial charge on any atom is -0.367 e. The van der Waals surface area contributed by atoms with E-state index in [9.17, 15) is 4.79 Å². The molecule has 1 amide bonds. The lowest BCUT2D eigenvalue weighted by molar-refractivity contribution is -0.118. The number of aromatic nitrogens is 2. The number of anilines is 2. The average molecular weight is 251 g/mol. The molecule has 0 unspecified atom stereocenters. The molecule has 0 aromatic carbocycles. The molecule has 2 N–H and O–H groups in total. The first-order chi connectivity index (χ1) is 8.49. The van der Waals surface area contributed by atoms with Gasteiger partial charge in [-0.3, -0.25) is 4.79 Å². The van der Waals surface area contributed by atoms with Gasteiger partial charge in [0.15, 0.2) is 5.82 Å². The molecule has 6 heteroatoms. The Hall–Kier alpha value is -1.69. The molecular weight excluding hydrogens is 230 g/mol. The molecule has 6 nitrogen and oxygen atoms in total. The molecule has 18 heavy (non-hydrogen) atoms. The average Bonchev–Trinajstić information content (AvgIpc) is 2.30. The third-order valence-electron chi connectivity index (χ3n) is 2.31. The molecule has 0 spiro atoms. The van der Waals surface area contributed by atoms with Gasteiger partial charge in [-0.05, 0) is 26.2 Å². The van der Waals surface area contributed by atoms with Crippen LogP contribution in [0.1, 0.15) is 13.8 Å². The summed E-state index contributed by atoms with van der Waals surface area (Å²) in [4.78, 5) is 13.5. The number of hydrogen-bond acceptors (Lipinski definition) is 5. The lowest BCUT2D eigenvalue weighted by Crippen LogP contribution is -2.21. The van der Waals surface area contributed by atoms with Gasteiger partial charge in [0.2, 0.25) is 5.91 Å². The summed E-state index contributed by atoms with van der Waals surface area (Å²) in [6.45, 7) is 5.40. The Balaban J connectivity index is 2.45. The van der Waals surface area contributed by atoms with Crippen LogP contribution in [0.3, 0.4) is 0 Å². The van der Waals surface area contributed by atoms with Gasteiger partial charge in [-0.2, -0.15) is 0 Å². The standard InChI is InChI=1S/C12H21N5O/c1-9(2)12(18)14-11-6-5-10(15-16-11)13-7-8-17(3)4/h5-6,9H,7-8H2,1-4H3,(H,13,15)(H,14,16,18). The number of hydrogen-bond donors (Lipinski definition) is 2. The smallest absolute Gasteiger partial charge is 0.228 e. The number of carbonyl (C=O) groups excluding carboxylic acids is 1. The van der Waals surface area contributed by atoms with E-state index in [2.05, 4.69) is 25.7 Å². The fourth-order valence-corrected chi connectivity index (χ4v) is 1.17. The number of carbonyl (C=O) groups is 1. The molecule has 0 fully saturated rings. The maximum atomic E-state index is 11.4. The minimum absolute atomic E-state index is 0.0578. The highest BCUT2D eigenvalue weighted by Crippen LogP contribution is 2.07. The zero-order chi connectivity index (χ0) is 13.5. The normalized spacial score (nSPS) is 10.8. The molecule has 1 aromatic rings. The zero-order valence-corrected chi connectivity index (χ0v) is 11.4. The van der Waals surface area contributed by atoms with Crippen LogP contribution in [0.15, 0.2) is 12.1 Å². The molecule has 1 heterocycles. The maximum Gasteiger partial charge on any atom is 0.228 e. The van der Waals surface area contributed by atoms with Crippen molar-refractivity contribution in [1.29, 1.82) is 0 Å². The van der Waals surface area contributed by atoms with Gasteiger partial charge in [0.1, 0.15) is 5.82 Å². The van der Waals surface area contributed by atoms with Gasteiger partial charge in [0.25, 0.3) is 0 Å². The first-order valence-corrected chi connectivity index (χ1v) is 6.02. The van der Waals surface area contributed by atoms with Gasteiger partial charge in [-0.15, -0.1) is 10.2 Å². The molecule has 0 aliphatic heterocycles. The molecule has 0 saturated heterocycles. The Morgan fingerprint density at radius 2 is 1.89 bits per heavy atom. The van der Waals surface area contributed by atoms with Crippen molar-refractivity contribution >= 4 is 17.5 Å². The zero-order valence-electron chi connectivity index (χ0n) is 11.4. The Labute approximate surface area is 108 Å². The van der Waals surface area contributed by atoms with Crippen LogP contribution in [0.4, 0.5) is 11.6 Å². The van der Waals surface area contributed by atoms with Gasteiger partial charge in [0, 0.05) is 19.0 Å². The lowest BCUT2D eigenvalue weighted by Gasteiger charge is -2.11. The van der Waals surface area contributed by atoms with Crippen LogP contribution in [0.2, 0.25) is 0 Å². The van der Waals surface area contributed by atoms with E-state index in [1.54, 1.807) is 12.1 Å². The second-order valence-electron chi connectivity index (χ2n) is 4.68. The van der Waals surface area contributed by atoms with E-state index >= 15 is 0 Å². The molecule has 0 aliphatic carbocycles. The lowest BCUT2D eigenvalue weighted by atomic mass is 10.2. The van der Waals surface area contributed by atoms with E-state index in [4.69, 9.17) is 0 Å². The number of likely N-dealkylation sites (N-methyl/N-ethyl adjacent to an activating group) is 1. The SMILES string of the molecule is CC(C)C(=O)Nc1ccc(NCCN(C)C)nn1. The van der Waals surface area contributed by atoms with Crippen molar-refractivity contribution in [3.05, 3.63) is 12.1 Å². The molecule has 0 bridgehead atoms. The summed E-state index contributed by atoms with van der Waals surface area (Å²) < 4.78 is 0. The Bertz CT molecular complexity index is 375. The first-order valence-electron chi connectivity index (χ1n) is 6.02. The maximum absolute atomic E-state index is 11.4. The summed E-state index contributed by atoms with van der Waals surface area (Å²) in [6, 6.07) is 3.55. The van der Waals surface area contributed by atoms with E-state index < -0.39 is 0 Å². The van der Waals surface area contributed by atoms with Crippen LogP contribution in [0.5, 0.6) is 0 Å². The second kappa shape index (κ2) is 6.90. The van der Waals surface area contributed by atoms with Crippen molar-refractivity contribution in [1.82, 2.24) is 15.1 Å². The number of nitrogens with zero attached hydrogens (tertiary/aromatic N) is 3. The van der Waals surface area contributed by atoms with E-state index in [0.717, 1.165) is 13.1 Å². The predicted molar refractivity (Wildman–Crippen MR) is 72.5 cm³/mol. The van der Waals surface area contributed by atoms with E-state index in [1.165, 1.54) is 0 Å². The largest absolute Gasteiger partial charge is 0.367 e. The van der Waals surface area contributed by atoms with E-state index in [-0.39, 0.29) is 11.8 Å². The monoisotopic (exact) mass is 251 g/mol. The van der Waals surface area contributed by atoms with Crippen LogP contribution in [-0.4, -0.2) is 48.2 Å². The van der Waals surface area contributed by atoms with Gasteiger partial charge in [-0.25, -0.2) is 0 Å². The highest BCUT2D eigenvalue weighted by Gasteiger charge is 2.07. The van der Waals surface area contributed by atoms with Crippen LogP contribution < -0.4 is 10.6 Å². The molecule has 1 aromatic heterocycles.